The quantitative estimate of drug-likeness (QED) is 0.159. The number of morpholine rings is 1. The van der Waals surface area contributed by atoms with Crippen molar-refractivity contribution in [3.8, 4) is 31.4 Å². The van der Waals surface area contributed by atoms with Gasteiger partial charge in [0.15, 0.2) is 0 Å². The number of amides is 2. The van der Waals surface area contributed by atoms with Crippen molar-refractivity contribution in [1.29, 1.82) is 0 Å². The molecule has 8 nitrogen and oxygen atoms in total. The van der Waals surface area contributed by atoms with Crippen LogP contribution in [0.5, 0.6) is 5.75 Å². The first-order valence-corrected chi connectivity index (χ1v) is 16.4. The molecule has 1 saturated heterocycles. The van der Waals surface area contributed by atoms with Gasteiger partial charge in [-0.3, -0.25) is 4.79 Å². The summed E-state index contributed by atoms with van der Waals surface area (Å²) in [5.74, 6) is 0.601. The lowest BCUT2D eigenvalue weighted by Gasteiger charge is -2.23. The minimum atomic E-state index is -0.621. The van der Waals surface area contributed by atoms with Gasteiger partial charge in [0.2, 0.25) is 5.91 Å². The number of hydrogen-bond acceptors (Lipinski definition) is 6. The van der Waals surface area contributed by atoms with E-state index >= 15 is 0 Å². The summed E-state index contributed by atoms with van der Waals surface area (Å²) in [6, 6.07) is 36.4. The van der Waals surface area contributed by atoms with Crippen LogP contribution in [0.1, 0.15) is 23.6 Å². The van der Waals surface area contributed by atoms with Crippen LogP contribution in [0, 0.1) is 25.7 Å². The second-order valence-electron chi connectivity index (χ2n) is 10.0. The molecule has 4 aromatic rings. The van der Waals surface area contributed by atoms with Crippen LogP contribution in [0.4, 0.5) is 10.5 Å². The number of methoxy groups -OCH3 is 1. The first-order chi connectivity index (χ1) is 24.0. The first kappa shape index (κ1) is 42.0. The molecule has 9 heteroatoms. The third-order valence-electron chi connectivity index (χ3n) is 6.60. The predicted molar refractivity (Wildman–Crippen MR) is 203 cm³/mol. The molecule has 0 aliphatic carbocycles. The largest absolute Gasteiger partial charge is 0.491 e. The van der Waals surface area contributed by atoms with Crippen LogP contribution in [-0.4, -0.2) is 58.1 Å². The van der Waals surface area contributed by atoms with Gasteiger partial charge in [-0.25, -0.2) is 4.79 Å². The molecule has 1 aliphatic rings. The van der Waals surface area contributed by atoms with Crippen LogP contribution >= 0.6 is 15.9 Å². The summed E-state index contributed by atoms with van der Waals surface area (Å²) in [6.45, 7) is 5.09. The number of hydrogen-bond donors (Lipinski definition) is 3. The Labute approximate surface area is 300 Å². The van der Waals surface area contributed by atoms with E-state index in [0.29, 0.717) is 6.61 Å². The molecule has 0 radical (unpaired) electrons. The highest BCUT2D eigenvalue weighted by atomic mass is 79.9. The van der Waals surface area contributed by atoms with Crippen molar-refractivity contribution in [3.63, 3.8) is 0 Å². The second-order valence-corrected chi connectivity index (χ2v) is 10.9. The molecule has 1 heterocycles. The maximum Gasteiger partial charge on any atom is 0.407 e. The van der Waals surface area contributed by atoms with Crippen LogP contribution in [0.25, 0.3) is 0 Å². The Morgan fingerprint density at radius 3 is 1.96 bits per heavy atom. The van der Waals surface area contributed by atoms with Gasteiger partial charge < -0.3 is 30.2 Å². The zero-order valence-corrected chi connectivity index (χ0v) is 29.7. The van der Waals surface area contributed by atoms with Gasteiger partial charge in [0.1, 0.15) is 25.0 Å². The number of benzene rings is 4. The van der Waals surface area contributed by atoms with Crippen LogP contribution in [0.2, 0.25) is 0 Å². The Bertz CT molecular complexity index is 1450. The van der Waals surface area contributed by atoms with Gasteiger partial charge in [0.25, 0.3) is 0 Å². The average Bonchev–Trinajstić information content (AvgIpc) is 3.17. The van der Waals surface area contributed by atoms with Crippen molar-refractivity contribution in [2.45, 2.75) is 25.9 Å². The number of carbonyl (C=O) groups excluding carboxylic acids is 2. The number of nitrogens with one attached hydrogen (secondary N) is 3. The molecule has 0 saturated carbocycles. The molecule has 49 heavy (non-hydrogen) atoms. The van der Waals surface area contributed by atoms with Crippen LogP contribution in [0.15, 0.2) is 114 Å². The Morgan fingerprint density at radius 1 is 0.857 bits per heavy atom. The average molecular weight is 729 g/mol. The van der Waals surface area contributed by atoms with Crippen molar-refractivity contribution < 1.29 is 23.8 Å². The van der Waals surface area contributed by atoms with Gasteiger partial charge in [-0.1, -0.05) is 102 Å². The number of aryl methyl sites for hydroxylation is 1. The number of para-hydroxylation sites is 1. The molecule has 0 spiro atoms. The van der Waals surface area contributed by atoms with Crippen LogP contribution in [-0.2, 0) is 27.1 Å². The van der Waals surface area contributed by atoms with Gasteiger partial charge in [-0.2, -0.15) is 0 Å². The van der Waals surface area contributed by atoms with E-state index in [1.54, 1.807) is 0 Å². The molecular weight excluding hydrogens is 682 g/mol. The number of alkyl carbamates (subject to hydrolysis) is 1. The third kappa shape index (κ3) is 18.8. The summed E-state index contributed by atoms with van der Waals surface area (Å²) >= 11 is 3.38. The van der Waals surface area contributed by atoms with Crippen molar-refractivity contribution in [2.24, 2.45) is 0 Å². The van der Waals surface area contributed by atoms with E-state index in [4.69, 9.17) is 9.47 Å². The van der Waals surface area contributed by atoms with E-state index in [-0.39, 0.29) is 18.6 Å². The molecule has 1 atom stereocenters. The van der Waals surface area contributed by atoms with E-state index in [2.05, 4.69) is 123 Å². The number of carbonyl (C=O) groups is 2. The number of ether oxygens (including phenoxy) is 3. The molecule has 1 fully saturated rings. The maximum absolute atomic E-state index is 11.5. The number of halogens is 1. The lowest BCUT2D eigenvalue weighted by Crippen LogP contribution is -2.41. The minimum Gasteiger partial charge on any atom is -0.491 e. The van der Waals surface area contributed by atoms with Gasteiger partial charge >= 0.3 is 6.09 Å². The predicted octanol–water partition coefficient (Wildman–Crippen LogP) is 7.14. The summed E-state index contributed by atoms with van der Waals surface area (Å²) in [5.41, 5.74) is 4.56. The Balaban J connectivity index is 0.000000351. The Morgan fingerprint density at radius 2 is 1.43 bits per heavy atom. The fourth-order valence-corrected chi connectivity index (χ4v) is 4.51. The molecule has 0 aromatic heterocycles. The lowest BCUT2D eigenvalue weighted by atomic mass is 10.1. The van der Waals surface area contributed by atoms with Crippen molar-refractivity contribution >= 4 is 33.6 Å². The molecule has 4 aromatic carbocycles. The summed E-state index contributed by atoms with van der Waals surface area (Å²) < 4.78 is 16.6. The third-order valence-corrected chi connectivity index (χ3v) is 7.13. The van der Waals surface area contributed by atoms with Crippen LogP contribution < -0.4 is 20.7 Å². The molecule has 258 valence electrons. The summed E-state index contributed by atoms with van der Waals surface area (Å²) in [5, 5.41) is 8.32. The highest BCUT2D eigenvalue weighted by Crippen LogP contribution is 2.17. The highest BCUT2D eigenvalue weighted by molar-refractivity contribution is 9.10. The number of rotatable bonds is 9. The van der Waals surface area contributed by atoms with Crippen molar-refractivity contribution in [2.75, 3.05) is 45.3 Å². The van der Waals surface area contributed by atoms with Crippen molar-refractivity contribution in [1.82, 2.24) is 10.6 Å². The number of terminal acetylenes is 2. The molecule has 5 rings (SSSR count). The standard InChI is InChI=1S/C13H12.C12H16N2O3.C11H14BrNO2.2C2H2/c1-3-7-12(8-4-1)11-13-9-5-2-6-10-13;1-3-9-6-4-5-7-10(9)14-11(15)8-13-12(16)17-2;12-9-1-3-10(4-2-9)15-8-11-7-13-5-6-14-11;2*1-2/h1-10H,11H2;4-7H,3,8H2,1-2H3,(H,13,16)(H,14,15);1-4,11,13H,5-8H2;2*1-2H/t;;11-;;/m..0../s1. The van der Waals surface area contributed by atoms with E-state index in [0.717, 1.165) is 54.0 Å². The second kappa shape index (κ2) is 26.9. The maximum atomic E-state index is 11.5. The molecule has 0 unspecified atom stereocenters. The fourth-order valence-electron chi connectivity index (χ4n) is 4.24. The van der Waals surface area contributed by atoms with Gasteiger partial charge in [0, 0.05) is 23.2 Å². The number of anilines is 1. The van der Waals surface area contributed by atoms with E-state index in [1.807, 2.05) is 55.5 Å². The van der Waals surface area contributed by atoms with Gasteiger partial charge in [-0.05, 0) is 59.9 Å². The van der Waals surface area contributed by atoms with Crippen LogP contribution in [0.3, 0.4) is 0 Å². The topological polar surface area (TPSA) is 97.9 Å². The van der Waals surface area contributed by atoms with Crippen molar-refractivity contribution in [3.05, 3.63) is 130 Å². The Kier molecular flexibility index (Phi) is 23.1. The zero-order chi connectivity index (χ0) is 36.1. The van der Waals surface area contributed by atoms with Gasteiger partial charge in [0.05, 0.1) is 13.7 Å². The highest BCUT2D eigenvalue weighted by Gasteiger charge is 2.13. The smallest absolute Gasteiger partial charge is 0.407 e. The molecule has 2 amide bonds. The lowest BCUT2D eigenvalue weighted by molar-refractivity contribution is -0.115. The molecule has 1 aliphatic heterocycles. The monoisotopic (exact) mass is 727 g/mol. The normalized spacial score (nSPS) is 12.5. The molecule has 3 N–H and O–H groups in total. The van der Waals surface area contributed by atoms with E-state index in [1.165, 1.54) is 18.2 Å². The summed E-state index contributed by atoms with van der Waals surface area (Å²) in [7, 11) is 1.25. The molecular formula is C40H46BrN3O5. The summed E-state index contributed by atoms with van der Waals surface area (Å²) in [6.07, 6.45) is 17.4. The minimum absolute atomic E-state index is 0.106. The SMILES string of the molecule is Brc1ccc(OC[C@@H]2CNCCO2)cc1.C#C.C#C.CCc1ccccc1NC(=O)CNC(=O)OC.c1ccc(Cc2ccccc2)cc1. The fraction of sp³-hybridized carbons (Fsp3) is 0.250. The summed E-state index contributed by atoms with van der Waals surface area (Å²) in [4.78, 5) is 22.3. The van der Waals surface area contributed by atoms with E-state index < -0.39 is 6.09 Å². The zero-order valence-electron chi connectivity index (χ0n) is 28.1. The van der Waals surface area contributed by atoms with E-state index in [9.17, 15) is 9.59 Å². The Hall–Kier alpha value is -5.06. The van der Waals surface area contributed by atoms with Gasteiger partial charge in [-0.15, -0.1) is 25.7 Å². The first-order valence-electron chi connectivity index (χ1n) is 15.6. The molecule has 0 bridgehead atoms.